The Hall–Kier alpha value is -2.03. The van der Waals surface area contributed by atoms with Crippen molar-refractivity contribution in [2.24, 2.45) is 0 Å². The summed E-state index contributed by atoms with van der Waals surface area (Å²) in [6, 6.07) is 9.68. The standard InChI is InChI=1S/C20H27NO2/c1-19(2,3)15-11-14(12-16(18(15)22)20(4,5)6)13-23-17-9-7-8-10-21-17/h7-12,22H,13H2,1-6H3. The Morgan fingerprint density at radius 2 is 1.52 bits per heavy atom. The van der Waals surface area contributed by atoms with E-state index in [1.807, 2.05) is 30.3 Å². The van der Waals surface area contributed by atoms with Gasteiger partial charge in [0.2, 0.25) is 5.88 Å². The highest BCUT2D eigenvalue weighted by molar-refractivity contribution is 5.49. The van der Waals surface area contributed by atoms with Gasteiger partial charge in [-0.05, 0) is 45.7 Å². The van der Waals surface area contributed by atoms with Crippen LogP contribution in [0, 0.1) is 0 Å². The van der Waals surface area contributed by atoms with E-state index in [2.05, 4.69) is 46.5 Å². The van der Waals surface area contributed by atoms with Gasteiger partial charge in [-0.25, -0.2) is 4.98 Å². The molecule has 1 heterocycles. The zero-order valence-corrected chi connectivity index (χ0v) is 15.0. The van der Waals surface area contributed by atoms with Crippen LogP contribution >= 0.6 is 0 Å². The summed E-state index contributed by atoms with van der Waals surface area (Å²) in [5.41, 5.74) is 2.67. The number of aromatic hydroxyl groups is 1. The number of nitrogens with zero attached hydrogens (tertiary/aromatic N) is 1. The topological polar surface area (TPSA) is 42.4 Å². The minimum absolute atomic E-state index is 0.134. The maximum absolute atomic E-state index is 10.7. The maximum atomic E-state index is 10.7. The van der Waals surface area contributed by atoms with Crippen LogP contribution in [0.4, 0.5) is 0 Å². The van der Waals surface area contributed by atoms with Gasteiger partial charge in [0.25, 0.3) is 0 Å². The Bertz CT molecular complexity index is 629. The summed E-state index contributed by atoms with van der Waals surface area (Å²) in [6.45, 7) is 13.1. The van der Waals surface area contributed by atoms with Crippen molar-refractivity contribution in [2.75, 3.05) is 0 Å². The summed E-state index contributed by atoms with van der Waals surface area (Å²) in [5, 5.41) is 10.7. The number of hydrogen-bond donors (Lipinski definition) is 1. The second-order valence-electron chi connectivity index (χ2n) is 8.00. The molecule has 0 unspecified atom stereocenters. The molecular formula is C20H27NO2. The second-order valence-corrected chi connectivity index (χ2v) is 8.00. The normalized spacial score (nSPS) is 12.3. The number of hydrogen-bond acceptors (Lipinski definition) is 3. The van der Waals surface area contributed by atoms with Gasteiger partial charge in [-0.1, -0.05) is 47.6 Å². The van der Waals surface area contributed by atoms with Gasteiger partial charge in [0, 0.05) is 12.3 Å². The van der Waals surface area contributed by atoms with Crippen LogP contribution in [-0.2, 0) is 17.4 Å². The molecule has 3 heteroatoms. The van der Waals surface area contributed by atoms with E-state index < -0.39 is 0 Å². The van der Waals surface area contributed by atoms with Crippen LogP contribution in [0.1, 0.15) is 58.2 Å². The first-order valence-electron chi connectivity index (χ1n) is 8.00. The molecule has 3 nitrogen and oxygen atoms in total. The minimum Gasteiger partial charge on any atom is -0.507 e. The predicted molar refractivity (Wildman–Crippen MR) is 94.1 cm³/mol. The van der Waals surface area contributed by atoms with Crippen molar-refractivity contribution in [2.45, 2.75) is 59.0 Å². The van der Waals surface area contributed by atoms with Crippen molar-refractivity contribution < 1.29 is 9.84 Å². The average molecular weight is 313 g/mol. The largest absolute Gasteiger partial charge is 0.507 e. The highest BCUT2D eigenvalue weighted by atomic mass is 16.5. The molecule has 0 atom stereocenters. The van der Waals surface area contributed by atoms with Gasteiger partial charge < -0.3 is 9.84 Å². The second kappa shape index (κ2) is 6.23. The predicted octanol–water partition coefficient (Wildman–Crippen LogP) is 4.96. The lowest BCUT2D eigenvalue weighted by atomic mass is 9.78. The van der Waals surface area contributed by atoms with Crippen LogP contribution in [0.25, 0.3) is 0 Å². The minimum atomic E-state index is -0.134. The summed E-state index contributed by atoms with van der Waals surface area (Å²) < 4.78 is 5.77. The summed E-state index contributed by atoms with van der Waals surface area (Å²) in [7, 11) is 0. The quantitative estimate of drug-likeness (QED) is 0.870. The van der Waals surface area contributed by atoms with Crippen LogP contribution in [-0.4, -0.2) is 10.1 Å². The van der Waals surface area contributed by atoms with E-state index in [4.69, 9.17) is 4.74 Å². The Labute approximate surface area is 139 Å². The molecule has 0 aliphatic heterocycles. The fraction of sp³-hybridized carbons (Fsp3) is 0.450. The summed E-state index contributed by atoms with van der Waals surface area (Å²) in [6.07, 6.45) is 1.72. The number of aromatic nitrogens is 1. The molecule has 1 aromatic heterocycles. The molecule has 0 aliphatic carbocycles. The Morgan fingerprint density at radius 3 is 1.96 bits per heavy atom. The Balaban J connectivity index is 2.40. The lowest BCUT2D eigenvalue weighted by Crippen LogP contribution is -2.18. The van der Waals surface area contributed by atoms with Gasteiger partial charge in [-0.15, -0.1) is 0 Å². The average Bonchev–Trinajstić information content (AvgIpc) is 2.44. The van der Waals surface area contributed by atoms with Crippen LogP contribution in [0.5, 0.6) is 11.6 Å². The van der Waals surface area contributed by atoms with Crippen molar-refractivity contribution in [1.29, 1.82) is 0 Å². The van der Waals surface area contributed by atoms with Crippen molar-refractivity contribution in [1.82, 2.24) is 4.98 Å². The summed E-state index contributed by atoms with van der Waals surface area (Å²) in [5.74, 6) is 1.00. The zero-order chi connectivity index (χ0) is 17.3. The van der Waals surface area contributed by atoms with Gasteiger partial charge in [0.15, 0.2) is 0 Å². The van der Waals surface area contributed by atoms with E-state index >= 15 is 0 Å². The summed E-state index contributed by atoms with van der Waals surface area (Å²) >= 11 is 0. The molecule has 0 fully saturated rings. The van der Waals surface area contributed by atoms with E-state index in [0.717, 1.165) is 16.7 Å². The third-order valence-electron chi connectivity index (χ3n) is 3.81. The van der Waals surface area contributed by atoms with Crippen molar-refractivity contribution in [3.63, 3.8) is 0 Å². The van der Waals surface area contributed by atoms with Crippen LogP contribution in [0.15, 0.2) is 36.5 Å². The number of phenols is 1. The van der Waals surface area contributed by atoms with Crippen LogP contribution in [0.2, 0.25) is 0 Å². The molecule has 124 valence electrons. The molecule has 0 amide bonds. The van der Waals surface area contributed by atoms with Crippen LogP contribution < -0.4 is 4.74 Å². The van der Waals surface area contributed by atoms with E-state index in [1.165, 1.54) is 0 Å². The van der Waals surface area contributed by atoms with E-state index in [1.54, 1.807) is 6.20 Å². The van der Waals surface area contributed by atoms with Gasteiger partial charge in [0.05, 0.1) is 0 Å². The highest BCUT2D eigenvalue weighted by Gasteiger charge is 2.26. The lowest BCUT2D eigenvalue weighted by Gasteiger charge is -2.28. The molecule has 1 aromatic carbocycles. The van der Waals surface area contributed by atoms with Crippen molar-refractivity contribution in [3.05, 3.63) is 53.2 Å². The first-order chi connectivity index (χ1) is 10.6. The molecule has 0 bridgehead atoms. The number of phenolic OH excluding ortho intramolecular Hbond substituents is 1. The lowest BCUT2D eigenvalue weighted by molar-refractivity contribution is 0.293. The third kappa shape index (κ3) is 4.25. The monoisotopic (exact) mass is 313 g/mol. The van der Waals surface area contributed by atoms with E-state index in [-0.39, 0.29) is 10.8 Å². The third-order valence-corrected chi connectivity index (χ3v) is 3.81. The number of pyridine rings is 1. The van der Waals surface area contributed by atoms with Gasteiger partial charge in [-0.2, -0.15) is 0 Å². The Morgan fingerprint density at radius 1 is 0.957 bits per heavy atom. The molecule has 2 aromatic rings. The molecule has 0 saturated carbocycles. The van der Waals surface area contributed by atoms with Crippen LogP contribution in [0.3, 0.4) is 0 Å². The summed E-state index contributed by atoms with van der Waals surface area (Å²) in [4.78, 5) is 4.18. The molecule has 2 rings (SSSR count). The highest BCUT2D eigenvalue weighted by Crippen LogP contribution is 2.39. The van der Waals surface area contributed by atoms with E-state index in [9.17, 15) is 5.11 Å². The molecule has 1 N–H and O–H groups in total. The first kappa shape index (κ1) is 17.3. The first-order valence-corrected chi connectivity index (χ1v) is 8.00. The number of rotatable bonds is 3. The van der Waals surface area contributed by atoms with Crippen molar-refractivity contribution >= 4 is 0 Å². The SMILES string of the molecule is CC(C)(C)c1cc(COc2ccccn2)cc(C(C)(C)C)c1O. The molecule has 0 saturated heterocycles. The molecule has 23 heavy (non-hydrogen) atoms. The Kier molecular flexibility index (Phi) is 4.69. The zero-order valence-electron chi connectivity index (χ0n) is 15.0. The fourth-order valence-corrected chi connectivity index (χ4v) is 2.51. The number of ether oxygens (including phenoxy) is 1. The maximum Gasteiger partial charge on any atom is 0.213 e. The van der Waals surface area contributed by atoms with Gasteiger partial charge in [-0.3, -0.25) is 0 Å². The molecule has 0 aliphatic rings. The molecular weight excluding hydrogens is 286 g/mol. The van der Waals surface area contributed by atoms with E-state index in [0.29, 0.717) is 18.2 Å². The smallest absolute Gasteiger partial charge is 0.213 e. The van der Waals surface area contributed by atoms with Crippen molar-refractivity contribution in [3.8, 4) is 11.6 Å². The number of benzene rings is 1. The van der Waals surface area contributed by atoms with Gasteiger partial charge in [0.1, 0.15) is 12.4 Å². The fourth-order valence-electron chi connectivity index (χ4n) is 2.51. The molecule has 0 spiro atoms. The van der Waals surface area contributed by atoms with Gasteiger partial charge >= 0.3 is 0 Å². The molecule has 0 radical (unpaired) electrons.